The van der Waals surface area contributed by atoms with Crippen LogP contribution in [0.1, 0.15) is 44.7 Å². The molecular weight excluding hydrogens is 484 g/mol. The molecule has 0 bridgehead atoms. The van der Waals surface area contributed by atoms with Gasteiger partial charge in [-0.2, -0.15) is 0 Å². The van der Waals surface area contributed by atoms with Crippen LogP contribution in [0.25, 0.3) is 11.1 Å². The molecule has 0 N–H and O–H groups in total. The summed E-state index contributed by atoms with van der Waals surface area (Å²) in [5.74, 6) is 0. The van der Waals surface area contributed by atoms with E-state index >= 15 is 0 Å². The maximum Gasteiger partial charge on any atom is 0.410 e. The third kappa shape index (κ3) is 9.66. The van der Waals surface area contributed by atoms with Crippen LogP contribution in [0.2, 0.25) is 0 Å². The predicted octanol–water partition coefficient (Wildman–Crippen LogP) is 7.30. The Kier molecular flexibility index (Phi) is 14.1. The molecule has 2 aromatic rings. The number of carbonyl (C=O) groups is 1. The van der Waals surface area contributed by atoms with Crippen molar-refractivity contribution in [3.05, 3.63) is 84.0 Å². The number of cyclic esters (lactones) is 1. The van der Waals surface area contributed by atoms with Gasteiger partial charge in [-0.3, -0.25) is 9.80 Å². The van der Waals surface area contributed by atoms with Gasteiger partial charge in [0.05, 0.1) is 19.8 Å². The van der Waals surface area contributed by atoms with Gasteiger partial charge in [-0.15, -0.1) is 11.6 Å². The summed E-state index contributed by atoms with van der Waals surface area (Å²) >= 11 is 4.64. The molecule has 1 atom stereocenters. The second kappa shape index (κ2) is 17.0. The zero-order chi connectivity index (χ0) is 27.0. The molecule has 2 aliphatic rings. The van der Waals surface area contributed by atoms with E-state index in [4.69, 9.17) is 9.47 Å². The van der Waals surface area contributed by atoms with Crippen LogP contribution in [0, 0.1) is 0 Å². The Bertz CT molecular complexity index is 967. The van der Waals surface area contributed by atoms with E-state index in [2.05, 4.69) is 77.7 Å². The van der Waals surface area contributed by atoms with Gasteiger partial charge in [0.25, 0.3) is 0 Å². The number of rotatable bonds is 9. The molecular formula is C31H43ClN2O3. The molecule has 0 spiro atoms. The third-order valence-electron chi connectivity index (χ3n) is 6.34. The van der Waals surface area contributed by atoms with Crippen LogP contribution in [0.3, 0.4) is 0 Å². The van der Waals surface area contributed by atoms with Crippen molar-refractivity contribution in [3.63, 3.8) is 0 Å². The van der Waals surface area contributed by atoms with Gasteiger partial charge in [-0.05, 0) is 47.6 Å². The fraction of sp³-hybridized carbons (Fsp3) is 0.452. The summed E-state index contributed by atoms with van der Waals surface area (Å²) in [5, 5.41) is 0. The van der Waals surface area contributed by atoms with Crippen molar-refractivity contribution in [3.8, 4) is 11.1 Å². The summed E-state index contributed by atoms with van der Waals surface area (Å²) in [6.07, 6.45) is 6.92. The van der Waals surface area contributed by atoms with Gasteiger partial charge in [0.15, 0.2) is 0 Å². The maximum absolute atomic E-state index is 12.3. The molecule has 4 rings (SSSR count). The summed E-state index contributed by atoms with van der Waals surface area (Å²) < 4.78 is 11.0. The number of amides is 1. The minimum absolute atomic E-state index is 0.210. The van der Waals surface area contributed by atoms with E-state index < -0.39 is 0 Å². The fourth-order valence-corrected chi connectivity index (χ4v) is 4.29. The average Bonchev–Trinajstić information content (AvgIpc) is 3.32. The first kappa shape index (κ1) is 30.6. The van der Waals surface area contributed by atoms with Crippen molar-refractivity contribution in [1.82, 2.24) is 9.80 Å². The van der Waals surface area contributed by atoms with E-state index in [1.165, 1.54) is 23.1 Å². The lowest BCUT2D eigenvalue weighted by atomic mass is 10.0. The second-order valence-electron chi connectivity index (χ2n) is 8.80. The summed E-state index contributed by atoms with van der Waals surface area (Å²) in [7, 11) is 0. The Labute approximate surface area is 228 Å². The number of allylic oxidation sites excluding steroid dienone is 2. The lowest BCUT2D eigenvalue weighted by Crippen LogP contribution is -2.35. The summed E-state index contributed by atoms with van der Waals surface area (Å²) in [6.45, 7) is 15.9. The highest BCUT2D eigenvalue weighted by molar-refractivity contribution is 6.15. The average molecular weight is 527 g/mol. The van der Waals surface area contributed by atoms with Crippen LogP contribution in [-0.2, 0) is 22.6 Å². The number of alkyl halides is 1. The number of hydrogen-bond acceptors (Lipinski definition) is 4. The Morgan fingerprint density at radius 1 is 0.973 bits per heavy atom. The van der Waals surface area contributed by atoms with Gasteiger partial charge >= 0.3 is 6.09 Å². The Morgan fingerprint density at radius 3 is 2.05 bits per heavy atom. The van der Waals surface area contributed by atoms with Gasteiger partial charge in [-0.1, -0.05) is 81.1 Å². The molecule has 1 unspecified atom stereocenters. The van der Waals surface area contributed by atoms with E-state index in [9.17, 15) is 4.79 Å². The van der Waals surface area contributed by atoms with Gasteiger partial charge in [0.1, 0.15) is 6.10 Å². The molecule has 1 amide bonds. The highest BCUT2D eigenvalue weighted by atomic mass is 35.5. The van der Waals surface area contributed by atoms with Crippen LogP contribution >= 0.6 is 11.6 Å². The summed E-state index contributed by atoms with van der Waals surface area (Å²) in [5.41, 5.74) is 5.78. The van der Waals surface area contributed by atoms with E-state index in [1.54, 1.807) is 4.90 Å². The molecule has 5 nitrogen and oxygen atoms in total. The highest BCUT2D eigenvalue weighted by Gasteiger charge is 2.32. The number of halogens is 1. The third-order valence-corrected chi connectivity index (χ3v) is 6.34. The Morgan fingerprint density at radius 2 is 1.51 bits per heavy atom. The molecule has 2 saturated heterocycles. The number of benzene rings is 2. The molecule has 6 heteroatoms. The standard InChI is InChI=1S/C28H34N2O3.C2H6.CH3Cl/c1-3-4-5-6-22(2)27-21-30(28(31)33-27)20-24-9-13-26(14-10-24)25-11-7-23(8-12-25)19-29-15-17-32-18-16-29;2*1-2/h3-4,7-14,27H,2,5-6,15-21H2,1H3;1-2H3;1H3/b4-3-;;. The molecule has 2 aliphatic heterocycles. The molecule has 0 radical (unpaired) electrons. The molecule has 2 heterocycles. The number of ether oxygens (including phenoxy) is 2. The molecule has 2 fully saturated rings. The maximum atomic E-state index is 12.3. The molecule has 0 saturated carbocycles. The van der Waals surface area contributed by atoms with Crippen LogP contribution in [-0.4, -0.2) is 61.2 Å². The van der Waals surface area contributed by atoms with Crippen molar-refractivity contribution < 1.29 is 14.3 Å². The van der Waals surface area contributed by atoms with Crippen molar-refractivity contribution >= 4 is 17.7 Å². The Balaban J connectivity index is 0.00000115. The van der Waals surface area contributed by atoms with E-state index in [1.807, 2.05) is 26.8 Å². The zero-order valence-electron chi connectivity index (χ0n) is 22.9. The molecule has 37 heavy (non-hydrogen) atoms. The summed E-state index contributed by atoms with van der Waals surface area (Å²) in [6, 6.07) is 17.2. The summed E-state index contributed by atoms with van der Waals surface area (Å²) in [4.78, 5) is 16.5. The van der Waals surface area contributed by atoms with Crippen LogP contribution in [0.15, 0.2) is 72.8 Å². The number of nitrogens with zero attached hydrogens (tertiary/aromatic N) is 2. The van der Waals surface area contributed by atoms with Crippen molar-refractivity contribution in [2.24, 2.45) is 0 Å². The minimum Gasteiger partial charge on any atom is -0.440 e. The quantitative estimate of drug-likeness (QED) is 0.254. The van der Waals surface area contributed by atoms with Gasteiger partial charge in [0, 0.05) is 32.6 Å². The second-order valence-corrected chi connectivity index (χ2v) is 8.80. The van der Waals surface area contributed by atoms with Gasteiger partial charge in [-0.25, -0.2) is 4.79 Å². The van der Waals surface area contributed by atoms with Gasteiger partial charge in [0.2, 0.25) is 0 Å². The smallest absolute Gasteiger partial charge is 0.410 e. The number of hydrogen-bond donors (Lipinski definition) is 0. The fourth-order valence-electron chi connectivity index (χ4n) is 4.29. The van der Waals surface area contributed by atoms with Crippen LogP contribution < -0.4 is 0 Å². The van der Waals surface area contributed by atoms with E-state index in [0.717, 1.165) is 56.8 Å². The molecule has 0 aromatic heterocycles. The molecule has 202 valence electrons. The predicted molar refractivity (Wildman–Crippen MR) is 155 cm³/mol. The van der Waals surface area contributed by atoms with Crippen molar-refractivity contribution in [1.29, 1.82) is 0 Å². The van der Waals surface area contributed by atoms with E-state index in [0.29, 0.717) is 13.1 Å². The monoisotopic (exact) mass is 526 g/mol. The minimum atomic E-state index is -0.257. The van der Waals surface area contributed by atoms with Crippen molar-refractivity contribution in [2.45, 2.75) is 52.8 Å². The number of morpholine rings is 1. The zero-order valence-corrected chi connectivity index (χ0v) is 23.7. The van der Waals surface area contributed by atoms with E-state index in [-0.39, 0.29) is 12.2 Å². The first-order chi connectivity index (χ1) is 18.1. The largest absolute Gasteiger partial charge is 0.440 e. The van der Waals surface area contributed by atoms with Crippen molar-refractivity contribution in [2.75, 3.05) is 39.2 Å². The molecule has 2 aromatic carbocycles. The highest BCUT2D eigenvalue weighted by Crippen LogP contribution is 2.24. The Hall–Kier alpha value is -2.60. The SMILES string of the molecule is C=C(CC/C=C\C)C1CN(Cc2ccc(-c3ccc(CN4CCOCC4)cc3)cc2)C(=O)O1.CC.CCl. The van der Waals surface area contributed by atoms with Crippen LogP contribution in [0.5, 0.6) is 0 Å². The number of carbonyl (C=O) groups excluding carboxylic acids is 1. The molecule has 0 aliphatic carbocycles. The van der Waals surface area contributed by atoms with Gasteiger partial charge < -0.3 is 9.47 Å². The topological polar surface area (TPSA) is 42.0 Å². The lowest BCUT2D eigenvalue weighted by molar-refractivity contribution is 0.0342. The van der Waals surface area contributed by atoms with Crippen LogP contribution in [0.4, 0.5) is 4.79 Å². The normalized spacial score (nSPS) is 17.5. The lowest BCUT2D eigenvalue weighted by Gasteiger charge is -2.26. The first-order valence-corrected chi connectivity index (χ1v) is 14.0. The first-order valence-electron chi connectivity index (χ1n) is 13.2.